The van der Waals surface area contributed by atoms with Gasteiger partial charge in [0.25, 0.3) is 0 Å². The van der Waals surface area contributed by atoms with Crippen LogP contribution in [-0.2, 0) is 4.79 Å². The minimum Gasteiger partial charge on any atom is -0.497 e. The summed E-state index contributed by atoms with van der Waals surface area (Å²) in [6.45, 7) is 2.13. The van der Waals surface area contributed by atoms with Gasteiger partial charge in [-0.15, -0.1) is 11.8 Å². The van der Waals surface area contributed by atoms with Gasteiger partial charge in [-0.3, -0.25) is 4.79 Å². The normalized spacial score (nSPS) is 21.1. The Labute approximate surface area is 176 Å². The fraction of sp³-hybridized carbons (Fsp3) is 0.240. The molecule has 0 N–H and O–H groups in total. The third-order valence-corrected chi connectivity index (χ3v) is 6.99. The second-order valence-corrected chi connectivity index (χ2v) is 8.56. The zero-order valence-corrected chi connectivity index (χ0v) is 17.7. The number of hydrogen-bond donors (Lipinski definition) is 0. The topological polar surface area (TPSA) is 35.5 Å². The van der Waals surface area contributed by atoms with Crippen LogP contribution in [0.1, 0.15) is 24.5 Å². The molecule has 4 rings (SSSR count). The molecule has 1 aliphatic heterocycles. The molecule has 2 aromatic rings. The molecule has 2 unspecified atom stereocenters. The van der Waals surface area contributed by atoms with E-state index in [9.17, 15) is 4.79 Å². The Morgan fingerprint density at radius 3 is 2.03 bits per heavy atom. The van der Waals surface area contributed by atoms with Crippen LogP contribution in [0.4, 0.5) is 0 Å². The van der Waals surface area contributed by atoms with E-state index in [0.717, 1.165) is 35.3 Å². The van der Waals surface area contributed by atoms with Crippen molar-refractivity contribution in [3.05, 3.63) is 83.0 Å². The number of ether oxygens (including phenoxy) is 2. The van der Waals surface area contributed by atoms with Crippen LogP contribution in [-0.4, -0.2) is 25.8 Å². The number of fused-ring (bicyclic) bond motifs is 1. The van der Waals surface area contributed by atoms with Crippen LogP contribution >= 0.6 is 11.8 Å². The van der Waals surface area contributed by atoms with E-state index in [-0.39, 0.29) is 5.92 Å². The Bertz CT molecular complexity index is 997. The maximum absolute atomic E-state index is 11.5. The Morgan fingerprint density at radius 2 is 1.48 bits per heavy atom. The lowest BCUT2D eigenvalue weighted by atomic mass is 9.85. The lowest BCUT2D eigenvalue weighted by molar-refractivity contribution is -0.105. The van der Waals surface area contributed by atoms with Gasteiger partial charge in [0.05, 0.1) is 14.2 Å². The second-order valence-electron chi connectivity index (χ2n) is 7.35. The SMILES string of the molecule is COc1ccc(C2=C(c3ccc(OC)cc3)SC3CC(C)C(C=O)=CC3=C2)cc1. The molecule has 1 aliphatic carbocycles. The predicted octanol–water partition coefficient (Wildman–Crippen LogP) is 5.78. The zero-order valence-electron chi connectivity index (χ0n) is 16.8. The highest BCUT2D eigenvalue weighted by Gasteiger charge is 2.30. The van der Waals surface area contributed by atoms with Crippen LogP contribution in [0.15, 0.2) is 71.8 Å². The van der Waals surface area contributed by atoms with E-state index < -0.39 is 0 Å². The first-order valence-electron chi connectivity index (χ1n) is 9.71. The maximum atomic E-state index is 11.5. The molecule has 0 spiro atoms. The van der Waals surface area contributed by atoms with Gasteiger partial charge in [-0.05, 0) is 70.5 Å². The summed E-state index contributed by atoms with van der Waals surface area (Å²) in [7, 11) is 3.36. The van der Waals surface area contributed by atoms with E-state index in [0.29, 0.717) is 5.25 Å². The van der Waals surface area contributed by atoms with Crippen molar-refractivity contribution in [1.82, 2.24) is 0 Å². The molecule has 0 aromatic heterocycles. The van der Waals surface area contributed by atoms with E-state index in [1.807, 2.05) is 36.0 Å². The molecule has 0 radical (unpaired) electrons. The minimum atomic E-state index is 0.279. The summed E-state index contributed by atoms with van der Waals surface area (Å²) in [6, 6.07) is 16.4. The first-order chi connectivity index (χ1) is 14.1. The summed E-state index contributed by atoms with van der Waals surface area (Å²) in [5.41, 5.74) is 5.59. The third kappa shape index (κ3) is 3.90. The molecule has 2 aromatic carbocycles. The van der Waals surface area contributed by atoms with E-state index in [2.05, 4.69) is 43.3 Å². The standard InChI is InChI=1S/C25H24O3S/c1-16-12-24-19(13-20(16)15-26)14-23(17-4-8-21(27-2)9-5-17)25(29-24)18-6-10-22(28-3)11-7-18/h4-11,13-16,24H,12H2,1-3H3. The molecule has 3 nitrogen and oxygen atoms in total. The molecular formula is C25H24O3S. The molecule has 0 saturated carbocycles. The smallest absolute Gasteiger partial charge is 0.146 e. The number of thioether (sulfide) groups is 1. The molecule has 1 heterocycles. The summed E-state index contributed by atoms with van der Waals surface area (Å²) >= 11 is 1.89. The Kier molecular flexibility index (Phi) is 5.63. The van der Waals surface area contributed by atoms with Crippen molar-refractivity contribution in [3.8, 4) is 11.5 Å². The number of rotatable bonds is 5. The molecular weight excluding hydrogens is 380 g/mol. The monoisotopic (exact) mass is 404 g/mol. The zero-order chi connectivity index (χ0) is 20.4. The van der Waals surface area contributed by atoms with Crippen LogP contribution in [0.3, 0.4) is 0 Å². The van der Waals surface area contributed by atoms with E-state index >= 15 is 0 Å². The van der Waals surface area contributed by atoms with Crippen molar-refractivity contribution >= 4 is 28.5 Å². The van der Waals surface area contributed by atoms with E-state index in [4.69, 9.17) is 9.47 Å². The number of benzene rings is 2. The third-order valence-electron chi connectivity index (χ3n) is 5.55. The van der Waals surface area contributed by atoms with Crippen molar-refractivity contribution in [2.75, 3.05) is 14.2 Å². The van der Waals surface area contributed by atoms with Crippen molar-refractivity contribution < 1.29 is 14.3 Å². The summed E-state index contributed by atoms with van der Waals surface area (Å²) in [4.78, 5) is 12.7. The lowest BCUT2D eigenvalue weighted by Crippen LogP contribution is -2.21. The fourth-order valence-corrected chi connectivity index (χ4v) is 5.33. The number of carbonyl (C=O) groups excluding carboxylic acids is 1. The molecule has 0 amide bonds. The summed E-state index contributed by atoms with van der Waals surface area (Å²) in [6.07, 6.45) is 6.30. The van der Waals surface area contributed by atoms with Crippen molar-refractivity contribution in [3.63, 3.8) is 0 Å². The van der Waals surface area contributed by atoms with Gasteiger partial charge in [0, 0.05) is 10.2 Å². The molecule has 29 heavy (non-hydrogen) atoms. The summed E-state index contributed by atoms with van der Waals surface area (Å²) in [5, 5.41) is 0.354. The molecule has 148 valence electrons. The highest BCUT2D eigenvalue weighted by Crippen LogP contribution is 2.49. The Hall–Kier alpha value is -2.72. The number of allylic oxidation sites excluding steroid dienone is 4. The summed E-state index contributed by atoms with van der Waals surface area (Å²) < 4.78 is 10.6. The molecule has 2 aliphatic rings. The van der Waals surface area contributed by atoms with Gasteiger partial charge in [-0.2, -0.15) is 0 Å². The number of aldehydes is 1. The van der Waals surface area contributed by atoms with Gasteiger partial charge < -0.3 is 9.47 Å². The number of carbonyl (C=O) groups is 1. The van der Waals surface area contributed by atoms with Gasteiger partial charge in [0.15, 0.2) is 0 Å². The average Bonchev–Trinajstić information content (AvgIpc) is 2.78. The molecule has 0 fully saturated rings. The van der Waals surface area contributed by atoms with Crippen molar-refractivity contribution in [2.45, 2.75) is 18.6 Å². The molecule has 0 saturated heterocycles. The van der Waals surface area contributed by atoms with Crippen molar-refractivity contribution in [1.29, 1.82) is 0 Å². The van der Waals surface area contributed by atoms with E-state index in [1.165, 1.54) is 21.6 Å². The summed E-state index contributed by atoms with van der Waals surface area (Å²) in [5.74, 6) is 1.97. The van der Waals surface area contributed by atoms with Crippen LogP contribution in [0.2, 0.25) is 0 Å². The van der Waals surface area contributed by atoms with E-state index in [1.54, 1.807) is 14.2 Å². The second kappa shape index (κ2) is 8.34. The first kappa shape index (κ1) is 19.6. The number of methoxy groups -OCH3 is 2. The van der Waals surface area contributed by atoms with Crippen LogP contribution in [0.5, 0.6) is 11.5 Å². The van der Waals surface area contributed by atoms with Gasteiger partial charge in [0.2, 0.25) is 0 Å². The molecule has 2 atom stereocenters. The Balaban J connectivity index is 1.85. The van der Waals surface area contributed by atoms with Gasteiger partial charge in [-0.1, -0.05) is 37.3 Å². The molecule has 4 heteroatoms. The predicted molar refractivity (Wildman–Crippen MR) is 120 cm³/mol. The van der Waals surface area contributed by atoms with Crippen LogP contribution in [0, 0.1) is 5.92 Å². The van der Waals surface area contributed by atoms with Crippen molar-refractivity contribution in [2.24, 2.45) is 5.92 Å². The van der Waals surface area contributed by atoms with Gasteiger partial charge in [-0.25, -0.2) is 0 Å². The highest BCUT2D eigenvalue weighted by atomic mass is 32.2. The quantitative estimate of drug-likeness (QED) is 0.592. The minimum absolute atomic E-state index is 0.279. The average molecular weight is 405 g/mol. The van der Waals surface area contributed by atoms with Gasteiger partial charge in [0.1, 0.15) is 17.8 Å². The largest absolute Gasteiger partial charge is 0.497 e. The maximum Gasteiger partial charge on any atom is 0.146 e. The first-order valence-corrected chi connectivity index (χ1v) is 10.6. The Morgan fingerprint density at radius 1 is 0.897 bits per heavy atom. The van der Waals surface area contributed by atoms with Crippen LogP contribution < -0.4 is 9.47 Å². The number of hydrogen-bond acceptors (Lipinski definition) is 4. The highest BCUT2D eigenvalue weighted by molar-refractivity contribution is 8.09. The molecule has 0 bridgehead atoms. The lowest BCUT2D eigenvalue weighted by Gasteiger charge is -2.32. The van der Waals surface area contributed by atoms with Crippen LogP contribution in [0.25, 0.3) is 10.5 Å². The van der Waals surface area contributed by atoms with Gasteiger partial charge >= 0.3 is 0 Å². The fourth-order valence-electron chi connectivity index (χ4n) is 3.81.